The van der Waals surface area contributed by atoms with E-state index in [1.54, 1.807) is 39.9 Å². The molecule has 0 radical (unpaired) electrons. The Labute approximate surface area is 147 Å². The van der Waals surface area contributed by atoms with Gasteiger partial charge in [0.15, 0.2) is 0 Å². The van der Waals surface area contributed by atoms with Gasteiger partial charge in [-0.05, 0) is 50.1 Å². The van der Waals surface area contributed by atoms with Gasteiger partial charge in [-0.3, -0.25) is 0 Å². The zero-order valence-electron chi connectivity index (χ0n) is 13.0. The molecule has 124 valence electrons. The van der Waals surface area contributed by atoms with Gasteiger partial charge in [-0.2, -0.15) is 4.31 Å². The largest absolute Gasteiger partial charge is 0.243 e. The highest BCUT2D eigenvalue weighted by molar-refractivity contribution is 7.89. The molecule has 0 unspecified atom stereocenters. The molecule has 0 amide bonds. The van der Waals surface area contributed by atoms with Gasteiger partial charge in [-0.1, -0.05) is 30.5 Å². The molecule has 1 saturated heterocycles. The summed E-state index contributed by atoms with van der Waals surface area (Å²) >= 11 is 7.69. The predicted octanol–water partition coefficient (Wildman–Crippen LogP) is 5.02. The summed E-state index contributed by atoms with van der Waals surface area (Å²) < 4.78 is 28.0. The number of halogens is 1. The highest BCUT2D eigenvalue weighted by Gasteiger charge is 2.34. The van der Waals surface area contributed by atoms with Gasteiger partial charge in [0.1, 0.15) is 0 Å². The second-order valence-electron chi connectivity index (χ2n) is 5.89. The van der Waals surface area contributed by atoms with Crippen molar-refractivity contribution in [3.8, 4) is 0 Å². The van der Waals surface area contributed by atoms with Crippen molar-refractivity contribution in [2.75, 3.05) is 6.54 Å². The third-order valence-corrected chi connectivity index (χ3v) is 7.44. The summed E-state index contributed by atoms with van der Waals surface area (Å²) in [6.07, 6.45) is 3.91. The Bertz CT molecular complexity index is 785. The van der Waals surface area contributed by atoms with E-state index in [1.807, 2.05) is 0 Å². The zero-order valence-corrected chi connectivity index (χ0v) is 15.4. The lowest BCUT2D eigenvalue weighted by Gasteiger charge is -2.28. The maximum atomic E-state index is 13.2. The highest BCUT2D eigenvalue weighted by atomic mass is 35.5. The van der Waals surface area contributed by atoms with Crippen molar-refractivity contribution in [1.82, 2.24) is 4.31 Å². The second-order valence-corrected chi connectivity index (χ2v) is 9.53. The number of nitrogens with zero attached hydrogens (tertiary/aromatic N) is 1. The van der Waals surface area contributed by atoms with Crippen molar-refractivity contribution in [2.45, 2.75) is 43.5 Å². The van der Waals surface area contributed by atoms with Crippen LogP contribution < -0.4 is 0 Å². The predicted molar refractivity (Wildman–Crippen MR) is 95.6 cm³/mol. The minimum Gasteiger partial charge on any atom is -0.207 e. The summed E-state index contributed by atoms with van der Waals surface area (Å²) in [4.78, 5) is 2.63. The Hall–Kier alpha value is -0.880. The molecule has 23 heavy (non-hydrogen) atoms. The zero-order chi connectivity index (χ0) is 16.4. The minimum absolute atomic E-state index is 0.0693. The summed E-state index contributed by atoms with van der Waals surface area (Å²) in [7, 11) is -3.54. The number of hydrogen-bond donors (Lipinski definition) is 0. The third kappa shape index (κ3) is 3.63. The molecule has 1 aliphatic rings. The summed E-state index contributed by atoms with van der Waals surface area (Å²) in [6, 6.07) is 10.6. The smallest absolute Gasteiger partial charge is 0.207 e. The molecule has 0 saturated carbocycles. The first kappa shape index (κ1) is 17.0. The summed E-state index contributed by atoms with van der Waals surface area (Å²) in [5.74, 6) is 0. The molecule has 2 heterocycles. The molecular weight excluding hydrogens is 350 g/mol. The molecule has 0 N–H and O–H groups in total. The molecule has 1 atom stereocenters. The molecule has 3 rings (SSSR count). The van der Waals surface area contributed by atoms with Crippen LogP contribution in [0.1, 0.15) is 41.5 Å². The van der Waals surface area contributed by atoms with Crippen LogP contribution in [0.2, 0.25) is 5.02 Å². The van der Waals surface area contributed by atoms with E-state index in [4.69, 9.17) is 11.6 Å². The summed E-state index contributed by atoms with van der Waals surface area (Å²) in [5, 5.41) is 0.449. The van der Waals surface area contributed by atoms with Gasteiger partial charge in [0.25, 0.3) is 0 Å². The monoisotopic (exact) mass is 369 g/mol. The van der Waals surface area contributed by atoms with Crippen LogP contribution >= 0.6 is 22.9 Å². The summed E-state index contributed by atoms with van der Waals surface area (Å²) in [5.41, 5.74) is 0. The Balaban J connectivity index is 2.02. The van der Waals surface area contributed by atoms with E-state index in [0.717, 1.165) is 30.6 Å². The fraction of sp³-hybridized carbons (Fsp3) is 0.412. The molecule has 1 aromatic heterocycles. The number of thiophene rings is 1. The van der Waals surface area contributed by atoms with Crippen molar-refractivity contribution >= 4 is 33.0 Å². The number of hydrogen-bond acceptors (Lipinski definition) is 3. The Morgan fingerprint density at radius 2 is 2.00 bits per heavy atom. The third-order valence-electron chi connectivity index (χ3n) is 4.20. The number of aryl methyl sites for hydroxylation is 1. The quantitative estimate of drug-likeness (QED) is 0.762. The lowest BCUT2D eigenvalue weighted by Crippen LogP contribution is -2.34. The van der Waals surface area contributed by atoms with E-state index in [9.17, 15) is 8.42 Å². The van der Waals surface area contributed by atoms with Crippen molar-refractivity contribution in [3.63, 3.8) is 0 Å². The normalized spacial score (nSPS) is 20.3. The topological polar surface area (TPSA) is 37.4 Å². The van der Waals surface area contributed by atoms with Crippen LogP contribution in [0.3, 0.4) is 0 Å². The van der Waals surface area contributed by atoms with E-state index >= 15 is 0 Å². The molecule has 2 aromatic rings. The van der Waals surface area contributed by atoms with E-state index in [0.29, 0.717) is 11.6 Å². The van der Waals surface area contributed by atoms with Crippen molar-refractivity contribution < 1.29 is 8.42 Å². The number of rotatable bonds is 3. The molecule has 0 bridgehead atoms. The van der Waals surface area contributed by atoms with Crippen LogP contribution in [0.25, 0.3) is 0 Å². The van der Waals surface area contributed by atoms with Crippen molar-refractivity contribution in [3.05, 3.63) is 51.2 Å². The van der Waals surface area contributed by atoms with Crippen LogP contribution in [-0.4, -0.2) is 19.3 Å². The van der Waals surface area contributed by atoms with Gasteiger partial charge in [0, 0.05) is 21.3 Å². The average molecular weight is 370 g/mol. The van der Waals surface area contributed by atoms with Gasteiger partial charge in [-0.25, -0.2) is 8.42 Å². The first-order chi connectivity index (χ1) is 11.0. The number of benzene rings is 1. The van der Waals surface area contributed by atoms with Crippen LogP contribution in [0, 0.1) is 6.92 Å². The van der Waals surface area contributed by atoms with Gasteiger partial charge in [-0.15, -0.1) is 11.3 Å². The van der Waals surface area contributed by atoms with E-state index in [1.165, 1.54) is 4.88 Å². The van der Waals surface area contributed by atoms with Crippen molar-refractivity contribution in [1.29, 1.82) is 0 Å². The maximum Gasteiger partial charge on any atom is 0.243 e. The van der Waals surface area contributed by atoms with Gasteiger partial charge in [0.05, 0.1) is 10.9 Å². The highest BCUT2D eigenvalue weighted by Crippen LogP contribution is 2.37. The lowest BCUT2D eigenvalue weighted by atomic mass is 10.1. The molecule has 1 aromatic carbocycles. The molecule has 1 fully saturated rings. The lowest BCUT2D eigenvalue weighted by molar-refractivity contribution is 0.333. The molecule has 3 nitrogen and oxygen atoms in total. The van der Waals surface area contributed by atoms with Gasteiger partial charge < -0.3 is 0 Å². The van der Waals surface area contributed by atoms with E-state index in [-0.39, 0.29) is 10.9 Å². The van der Waals surface area contributed by atoms with Crippen LogP contribution in [0.5, 0.6) is 0 Å². The molecule has 1 aliphatic heterocycles. The molecule has 0 spiro atoms. The summed E-state index contributed by atoms with van der Waals surface area (Å²) in [6.45, 7) is 2.62. The van der Waals surface area contributed by atoms with Gasteiger partial charge in [0.2, 0.25) is 10.0 Å². The van der Waals surface area contributed by atoms with Crippen LogP contribution in [0.15, 0.2) is 41.3 Å². The maximum absolute atomic E-state index is 13.2. The van der Waals surface area contributed by atoms with Crippen LogP contribution in [0.4, 0.5) is 0 Å². The number of sulfonamides is 1. The van der Waals surface area contributed by atoms with Crippen molar-refractivity contribution in [2.24, 2.45) is 0 Å². The first-order valence-electron chi connectivity index (χ1n) is 7.82. The molecule has 0 aliphatic carbocycles. The molecular formula is C17H20ClNO2S2. The Morgan fingerprint density at radius 1 is 1.17 bits per heavy atom. The minimum atomic E-state index is -3.54. The van der Waals surface area contributed by atoms with E-state index < -0.39 is 10.0 Å². The standard InChI is InChI=1S/C17H20ClNO2S2/c1-13-9-10-17(22-13)16-8-3-2-4-11-19(16)23(20,21)15-7-5-6-14(18)12-15/h5-7,9-10,12,16H,2-4,8,11H2,1H3/t16-/m1/s1. The Kier molecular flexibility index (Phi) is 5.11. The SMILES string of the molecule is Cc1ccc([C@H]2CCCCCN2S(=O)(=O)c2cccc(Cl)c2)s1. The Morgan fingerprint density at radius 3 is 2.70 bits per heavy atom. The molecule has 6 heteroatoms. The first-order valence-corrected chi connectivity index (χ1v) is 10.5. The second kappa shape index (κ2) is 6.93. The average Bonchev–Trinajstić information content (AvgIpc) is 2.80. The fourth-order valence-corrected chi connectivity index (χ4v) is 6.12. The fourth-order valence-electron chi connectivity index (χ4n) is 3.05. The van der Waals surface area contributed by atoms with E-state index in [2.05, 4.69) is 19.1 Å². The van der Waals surface area contributed by atoms with Crippen LogP contribution in [-0.2, 0) is 10.0 Å². The van der Waals surface area contributed by atoms with Gasteiger partial charge >= 0.3 is 0 Å².